The highest BCUT2D eigenvalue weighted by molar-refractivity contribution is 6.19. The lowest BCUT2D eigenvalue weighted by Gasteiger charge is -2.37. The van der Waals surface area contributed by atoms with Crippen molar-refractivity contribution < 1.29 is 53.8 Å². The lowest BCUT2D eigenvalue weighted by atomic mass is 9.79. The van der Waals surface area contributed by atoms with Crippen molar-refractivity contribution in [3.63, 3.8) is 0 Å². The molecule has 0 aliphatic carbocycles. The number of aliphatic hydroxyl groups excluding tert-OH is 2. The minimum Gasteiger partial charge on any atom is -0.507 e. The highest BCUT2D eigenvalue weighted by Crippen LogP contribution is 2.50. The van der Waals surface area contributed by atoms with Crippen LogP contribution in [0.15, 0.2) is 58.3 Å². The Morgan fingerprint density at radius 1 is 1.03 bits per heavy atom. The Morgan fingerprint density at radius 3 is 2.31 bits per heavy atom. The summed E-state index contributed by atoms with van der Waals surface area (Å²) in [5.41, 5.74) is -0.401. The van der Waals surface area contributed by atoms with Gasteiger partial charge in [0.25, 0.3) is 11.7 Å². The van der Waals surface area contributed by atoms with Gasteiger partial charge in [-0.05, 0) is 31.4 Å². The zero-order chi connectivity index (χ0) is 44.9. The predicted molar refractivity (Wildman–Crippen MR) is 228 cm³/mol. The van der Waals surface area contributed by atoms with Crippen molar-refractivity contribution in [3.8, 4) is 17.2 Å². The zero-order valence-corrected chi connectivity index (χ0v) is 36.7. The predicted octanol–water partition coefficient (Wildman–Crippen LogP) is 4.67. The standard InChI is InChI=1S/C46H60N4O11/c1-22(2)21-50-18-16-46(17-19-50)48-34-31-32-39(54)28(8)42-33(31)43(56)45(10,61-42)59-20-15-30(58-11)25(5)41(60-29(9)51)27(7)38(53)26(6)37(52)23(3)13-12-14-24(4)44(57)47-36(40(32)55)35(34)49-46/h12-15,20,22,25-27,30,37-38,41,52-55H,3,16-19,21H2,1-2,4-11H3,(H,47,57)/t25-,26-,27-,30+,37+,38-,41-,45+/m1/s1. The maximum Gasteiger partial charge on any atom is 0.312 e. The molecule has 0 radical (unpaired) electrons. The van der Waals surface area contributed by atoms with E-state index < -0.39 is 77.0 Å². The van der Waals surface area contributed by atoms with Gasteiger partial charge in [0.2, 0.25) is 0 Å². The number of methoxy groups -OCH3 is 1. The van der Waals surface area contributed by atoms with E-state index in [0.29, 0.717) is 31.8 Å². The third-order valence-electron chi connectivity index (χ3n) is 12.6. The monoisotopic (exact) mass is 844 g/mol. The number of anilines is 1. The van der Waals surface area contributed by atoms with Crippen molar-refractivity contribution in [2.75, 3.05) is 32.1 Å². The van der Waals surface area contributed by atoms with Gasteiger partial charge in [-0.15, -0.1) is 0 Å². The van der Waals surface area contributed by atoms with Gasteiger partial charge in [0.15, 0.2) is 11.4 Å². The smallest absolute Gasteiger partial charge is 0.312 e. The Morgan fingerprint density at radius 2 is 1.69 bits per heavy atom. The van der Waals surface area contributed by atoms with Gasteiger partial charge in [-0.3, -0.25) is 24.4 Å². The lowest BCUT2D eigenvalue weighted by Crippen LogP contribution is -2.46. The molecule has 15 heteroatoms. The summed E-state index contributed by atoms with van der Waals surface area (Å²) in [6.07, 6.45) is 4.34. The molecule has 1 spiro atoms. The number of piperidine rings is 1. The van der Waals surface area contributed by atoms with Crippen molar-refractivity contribution >= 4 is 34.1 Å². The summed E-state index contributed by atoms with van der Waals surface area (Å²) in [6, 6.07) is 0. The molecular formula is C46H60N4O11. The third-order valence-corrected chi connectivity index (χ3v) is 12.6. The quantitative estimate of drug-likeness (QED) is 0.210. The number of allylic oxidation sites excluding steroid dienone is 2. The normalized spacial score (nSPS) is 29.6. The van der Waals surface area contributed by atoms with E-state index >= 15 is 0 Å². The molecule has 5 heterocycles. The molecule has 2 aromatic rings. The Hall–Kier alpha value is -5.09. The van der Waals surface area contributed by atoms with Crippen LogP contribution in [0.3, 0.4) is 0 Å². The first-order chi connectivity index (χ1) is 28.6. The summed E-state index contributed by atoms with van der Waals surface area (Å²) in [5.74, 6) is -6.23. The number of esters is 1. The second-order valence-corrected chi connectivity index (χ2v) is 17.6. The fourth-order valence-electron chi connectivity index (χ4n) is 8.97. The van der Waals surface area contributed by atoms with E-state index in [-0.39, 0.29) is 60.9 Å². The Labute approximate surface area is 356 Å². The van der Waals surface area contributed by atoms with E-state index in [1.54, 1.807) is 34.6 Å². The van der Waals surface area contributed by atoms with Crippen LogP contribution < -0.4 is 20.8 Å². The van der Waals surface area contributed by atoms with E-state index in [1.165, 1.54) is 51.5 Å². The number of nitrogens with zero attached hydrogens (tertiary/aromatic N) is 3. The maximum atomic E-state index is 14.7. The fraction of sp³-hybridized carbons (Fsp3) is 0.543. The first-order valence-electron chi connectivity index (χ1n) is 20.9. The van der Waals surface area contributed by atoms with E-state index in [1.807, 2.05) is 0 Å². The molecule has 5 bridgehead atoms. The van der Waals surface area contributed by atoms with Crippen LogP contribution in [-0.2, 0) is 23.8 Å². The molecule has 5 N–H and O–H groups in total. The highest BCUT2D eigenvalue weighted by Gasteiger charge is 2.50. The number of ketones is 1. The molecule has 0 aromatic heterocycles. The SMILES string of the molecule is C=C1C=CC=C(C)C(=O)Nc2c(O)c3c(O)c(C)c4c(c3c3c2=NC2(CCN(CC(C)C)CC2)N=3)C(=O)[C@@](C)(OC=C[C@H](OC)[C@@H](C)[C@@H](OC(C)=O)[C@H](C)[C@H](O)[C@H](C)[C@H]1O)O4. The number of fused-ring (bicyclic) bond motifs is 13. The minimum atomic E-state index is -1.97. The van der Waals surface area contributed by atoms with Crippen LogP contribution in [-0.4, -0.2) is 106 Å². The first kappa shape index (κ1) is 45.4. The van der Waals surface area contributed by atoms with Crippen LogP contribution in [0.25, 0.3) is 10.8 Å². The molecule has 7 rings (SSSR count). The number of likely N-dealkylation sites (tertiary alicyclic amines) is 1. The summed E-state index contributed by atoms with van der Waals surface area (Å²) in [7, 11) is 1.46. The van der Waals surface area contributed by atoms with Gasteiger partial charge in [-0.25, -0.2) is 0 Å². The van der Waals surface area contributed by atoms with Crippen molar-refractivity contribution in [2.24, 2.45) is 33.7 Å². The van der Waals surface area contributed by atoms with Crippen molar-refractivity contribution in [3.05, 3.63) is 70.1 Å². The molecule has 0 saturated carbocycles. The Balaban J connectivity index is 1.54. The molecule has 5 aliphatic rings. The number of phenols is 2. The average Bonchev–Trinajstić information content (AvgIpc) is 3.71. The highest BCUT2D eigenvalue weighted by atomic mass is 16.7. The van der Waals surface area contributed by atoms with Gasteiger partial charge in [-0.1, -0.05) is 59.4 Å². The average molecular weight is 845 g/mol. The number of hydrogen-bond acceptors (Lipinski definition) is 14. The van der Waals surface area contributed by atoms with E-state index in [0.717, 1.165) is 6.54 Å². The number of nitrogens with one attached hydrogen (secondary N) is 1. The van der Waals surface area contributed by atoms with Crippen LogP contribution in [0, 0.1) is 30.6 Å². The Kier molecular flexibility index (Phi) is 12.9. The summed E-state index contributed by atoms with van der Waals surface area (Å²) in [4.78, 5) is 53.6. The Bertz CT molecular complexity index is 2340. The number of aliphatic hydroxyl groups is 2. The van der Waals surface area contributed by atoms with Gasteiger partial charge >= 0.3 is 11.8 Å². The minimum absolute atomic E-state index is 0.0282. The molecule has 330 valence electrons. The van der Waals surface area contributed by atoms with Crippen LogP contribution in [0.1, 0.15) is 84.2 Å². The third kappa shape index (κ3) is 8.45. The zero-order valence-electron chi connectivity index (χ0n) is 36.7. The summed E-state index contributed by atoms with van der Waals surface area (Å²) < 4.78 is 23.9. The number of amides is 1. The van der Waals surface area contributed by atoms with Gasteiger partial charge in [0.05, 0.1) is 40.9 Å². The second-order valence-electron chi connectivity index (χ2n) is 17.6. The van der Waals surface area contributed by atoms with Crippen LogP contribution >= 0.6 is 0 Å². The first-order valence-corrected chi connectivity index (χ1v) is 20.9. The number of rotatable bonds is 4. The molecule has 61 heavy (non-hydrogen) atoms. The van der Waals surface area contributed by atoms with Crippen LogP contribution in [0.4, 0.5) is 5.69 Å². The maximum absolute atomic E-state index is 14.7. The van der Waals surface area contributed by atoms with Crippen LogP contribution in [0.5, 0.6) is 17.2 Å². The number of aromatic hydroxyl groups is 2. The largest absolute Gasteiger partial charge is 0.507 e. The number of ether oxygens (including phenoxy) is 4. The molecule has 8 atom stereocenters. The molecule has 1 amide bonds. The molecule has 15 nitrogen and oxygen atoms in total. The fourth-order valence-corrected chi connectivity index (χ4v) is 8.97. The molecule has 1 fully saturated rings. The van der Waals surface area contributed by atoms with Gasteiger partial charge in [0.1, 0.15) is 28.6 Å². The molecule has 0 unspecified atom stereocenters. The molecule has 2 aromatic carbocycles. The van der Waals surface area contributed by atoms with Gasteiger partial charge in [-0.2, -0.15) is 0 Å². The van der Waals surface area contributed by atoms with Crippen molar-refractivity contribution in [2.45, 2.75) is 111 Å². The van der Waals surface area contributed by atoms with Crippen molar-refractivity contribution in [1.82, 2.24) is 4.90 Å². The number of benzene rings is 2. The lowest BCUT2D eigenvalue weighted by molar-refractivity contribution is -0.160. The summed E-state index contributed by atoms with van der Waals surface area (Å²) in [5, 5.41) is 49.9. The number of carbonyl (C=O) groups is 3. The van der Waals surface area contributed by atoms with E-state index in [9.17, 15) is 34.8 Å². The van der Waals surface area contributed by atoms with Gasteiger partial charge < -0.3 is 49.6 Å². The van der Waals surface area contributed by atoms with E-state index in [2.05, 4.69) is 30.6 Å². The molecular weight excluding hydrogens is 785 g/mol. The van der Waals surface area contributed by atoms with E-state index in [4.69, 9.17) is 28.9 Å². The number of Topliss-reactive ketones (excluding diaryl/α,β-unsaturated/α-hetero) is 1. The molecule has 1 saturated heterocycles. The second kappa shape index (κ2) is 17.3. The summed E-state index contributed by atoms with van der Waals surface area (Å²) in [6.45, 7) is 21.5. The number of phenolic OH excluding ortho intramolecular Hbond substituents is 2. The summed E-state index contributed by atoms with van der Waals surface area (Å²) >= 11 is 0. The topological polar surface area (TPSA) is 209 Å². The molecule has 5 aliphatic heterocycles. The van der Waals surface area contributed by atoms with Crippen molar-refractivity contribution in [1.29, 1.82) is 0 Å². The van der Waals surface area contributed by atoms with Gasteiger partial charge in [0, 0.05) is 87.7 Å². The number of hydrogen-bond donors (Lipinski definition) is 5. The van der Waals surface area contributed by atoms with Crippen LogP contribution in [0.2, 0.25) is 0 Å². The number of carbonyl (C=O) groups excluding carboxylic acids is 3.